The Labute approximate surface area is 123 Å². The van der Waals surface area contributed by atoms with Gasteiger partial charge in [-0.3, -0.25) is 0 Å². The van der Waals surface area contributed by atoms with Gasteiger partial charge in [-0.25, -0.2) is 0 Å². The van der Waals surface area contributed by atoms with Crippen LogP contribution in [0.15, 0.2) is 23.8 Å². The number of hydrogen-bond acceptors (Lipinski definition) is 2. The zero-order valence-electron chi connectivity index (χ0n) is 11.9. The number of likely N-dealkylation sites (N-methyl/N-ethyl adjacent to an activating group) is 1. The highest BCUT2D eigenvalue weighted by atomic mass is 35.5. The molecule has 5 heteroatoms. The SMILES string of the molecule is CCNCC(=Cc1cc(Cl)ccc1OC(F)F)C(C)C. The molecule has 20 heavy (non-hydrogen) atoms. The van der Waals surface area contributed by atoms with Crippen LogP contribution in [-0.2, 0) is 0 Å². The van der Waals surface area contributed by atoms with Gasteiger partial charge in [0.25, 0.3) is 0 Å². The van der Waals surface area contributed by atoms with Gasteiger partial charge >= 0.3 is 6.61 Å². The van der Waals surface area contributed by atoms with E-state index >= 15 is 0 Å². The van der Waals surface area contributed by atoms with Crippen LogP contribution in [0, 0.1) is 5.92 Å². The third-order valence-electron chi connectivity index (χ3n) is 2.85. The molecule has 0 aromatic heterocycles. The maximum Gasteiger partial charge on any atom is 0.387 e. The average molecular weight is 304 g/mol. The maximum atomic E-state index is 12.4. The molecule has 0 aliphatic heterocycles. The molecule has 0 spiro atoms. The van der Waals surface area contributed by atoms with Gasteiger partial charge in [-0.15, -0.1) is 0 Å². The average Bonchev–Trinajstić information content (AvgIpc) is 2.36. The first-order chi connectivity index (χ1) is 9.43. The molecule has 0 amide bonds. The van der Waals surface area contributed by atoms with E-state index in [1.807, 2.05) is 13.0 Å². The second kappa shape index (κ2) is 8.22. The van der Waals surface area contributed by atoms with Crippen molar-refractivity contribution < 1.29 is 13.5 Å². The molecule has 112 valence electrons. The summed E-state index contributed by atoms with van der Waals surface area (Å²) in [6, 6.07) is 4.63. The first-order valence-corrected chi connectivity index (χ1v) is 6.97. The minimum absolute atomic E-state index is 0.138. The van der Waals surface area contributed by atoms with E-state index in [0.717, 1.165) is 12.1 Å². The molecule has 0 unspecified atom stereocenters. The van der Waals surface area contributed by atoms with Crippen LogP contribution in [0.3, 0.4) is 0 Å². The number of ether oxygens (including phenoxy) is 1. The first-order valence-electron chi connectivity index (χ1n) is 6.59. The Morgan fingerprint density at radius 1 is 1.40 bits per heavy atom. The monoisotopic (exact) mass is 303 g/mol. The Morgan fingerprint density at radius 2 is 2.10 bits per heavy atom. The van der Waals surface area contributed by atoms with E-state index in [-0.39, 0.29) is 5.75 Å². The summed E-state index contributed by atoms with van der Waals surface area (Å²) < 4.78 is 29.4. The number of benzene rings is 1. The highest BCUT2D eigenvalue weighted by molar-refractivity contribution is 6.30. The van der Waals surface area contributed by atoms with Gasteiger partial charge in [0.1, 0.15) is 5.75 Å². The van der Waals surface area contributed by atoms with Crippen LogP contribution in [0.1, 0.15) is 26.3 Å². The molecular weight excluding hydrogens is 284 g/mol. The van der Waals surface area contributed by atoms with Crippen LogP contribution in [0.5, 0.6) is 5.75 Å². The van der Waals surface area contributed by atoms with E-state index in [9.17, 15) is 8.78 Å². The predicted octanol–water partition coefficient (Wildman–Crippen LogP) is 4.59. The van der Waals surface area contributed by atoms with Crippen LogP contribution in [0.2, 0.25) is 5.02 Å². The fourth-order valence-electron chi connectivity index (χ4n) is 1.73. The van der Waals surface area contributed by atoms with Crippen molar-refractivity contribution in [2.75, 3.05) is 13.1 Å². The van der Waals surface area contributed by atoms with Crippen molar-refractivity contribution in [3.05, 3.63) is 34.4 Å². The molecule has 0 heterocycles. The number of rotatable bonds is 7. The zero-order valence-corrected chi connectivity index (χ0v) is 12.7. The van der Waals surface area contributed by atoms with Crippen LogP contribution in [-0.4, -0.2) is 19.7 Å². The smallest absolute Gasteiger partial charge is 0.387 e. The summed E-state index contributed by atoms with van der Waals surface area (Å²) in [4.78, 5) is 0. The van der Waals surface area contributed by atoms with E-state index in [0.29, 0.717) is 23.0 Å². The van der Waals surface area contributed by atoms with Crippen LogP contribution in [0.4, 0.5) is 8.78 Å². The number of nitrogens with one attached hydrogen (secondary N) is 1. The Kier molecular flexibility index (Phi) is 6.96. The normalized spacial score (nSPS) is 12.3. The largest absolute Gasteiger partial charge is 0.434 e. The summed E-state index contributed by atoms with van der Waals surface area (Å²) in [6.45, 7) is 4.83. The first kappa shape index (κ1) is 16.9. The lowest BCUT2D eigenvalue weighted by Crippen LogP contribution is -2.18. The summed E-state index contributed by atoms with van der Waals surface area (Å²) in [5.74, 6) is 0.437. The van der Waals surface area contributed by atoms with Crippen LogP contribution >= 0.6 is 11.6 Å². The molecular formula is C15H20ClF2NO. The van der Waals surface area contributed by atoms with Gasteiger partial charge in [0, 0.05) is 17.1 Å². The maximum absolute atomic E-state index is 12.4. The molecule has 0 saturated carbocycles. The summed E-state index contributed by atoms with van der Waals surface area (Å²) in [7, 11) is 0. The van der Waals surface area contributed by atoms with Crippen molar-refractivity contribution in [2.45, 2.75) is 27.4 Å². The number of halogens is 3. The third kappa shape index (κ3) is 5.47. The van der Waals surface area contributed by atoms with Gasteiger partial charge in [0.05, 0.1) is 0 Å². The predicted molar refractivity (Wildman–Crippen MR) is 79.4 cm³/mol. The van der Waals surface area contributed by atoms with Gasteiger partial charge in [-0.2, -0.15) is 8.78 Å². The summed E-state index contributed by atoms with van der Waals surface area (Å²) in [5.41, 5.74) is 1.67. The molecule has 0 atom stereocenters. The van der Waals surface area contributed by atoms with E-state index in [4.69, 9.17) is 11.6 Å². The Balaban J connectivity index is 3.10. The van der Waals surface area contributed by atoms with Gasteiger partial charge in [0.2, 0.25) is 0 Å². The van der Waals surface area contributed by atoms with E-state index in [2.05, 4.69) is 23.9 Å². The van der Waals surface area contributed by atoms with Crippen LogP contribution in [0.25, 0.3) is 6.08 Å². The van der Waals surface area contributed by atoms with Crippen molar-refractivity contribution >= 4 is 17.7 Å². The second-order valence-electron chi connectivity index (χ2n) is 4.71. The molecule has 0 bridgehead atoms. The lowest BCUT2D eigenvalue weighted by molar-refractivity contribution is -0.0499. The van der Waals surface area contributed by atoms with Gasteiger partial charge < -0.3 is 10.1 Å². The van der Waals surface area contributed by atoms with E-state index < -0.39 is 6.61 Å². The number of hydrogen-bond donors (Lipinski definition) is 1. The molecule has 1 aromatic rings. The molecule has 1 rings (SSSR count). The Hall–Kier alpha value is -1.13. The molecule has 0 aliphatic rings. The quantitative estimate of drug-likeness (QED) is 0.795. The van der Waals surface area contributed by atoms with E-state index in [1.54, 1.807) is 6.07 Å². The van der Waals surface area contributed by atoms with Crippen molar-refractivity contribution in [3.63, 3.8) is 0 Å². The minimum Gasteiger partial charge on any atom is -0.434 e. The Bertz CT molecular complexity index is 461. The van der Waals surface area contributed by atoms with Crippen molar-refractivity contribution in [1.82, 2.24) is 5.32 Å². The van der Waals surface area contributed by atoms with Gasteiger partial charge in [-0.1, -0.05) is 44.0 Å². The number of alkyl halides is 2. The highest BCUT2D eigenvalue weighted by Crippen LogP contribution is 2.27. The summed E-state index contributed by atoms with van der Waals surface area (Å²) in [6.07, 6.45) is 1.86. The fraction of sp³-hybridized carbons (Fsp3) is 0.467. The van der Waals surface area contributed by atoms with Crippen molar-refractivity contribution in [2.24, 2.45) is 5.92 Å². The van der Waals surface area contributed by atoms with Gasteiger partial charge in [-0.05, 0) is 30.7 Å². The highest BCUT2D eigenvalue weighted by Gasteiger charge is 2.11. The van der Waals surface area contributed by atoms with E-state index in [1.165, 1.54) is 12.1 Å². The third-order valence-corrected chi connectivity index (χ3v) is 3.08. The zero-order chi connectivity index (χ0) is 15.1. The lowest BCUT2D eigenvalue weighted by Gasteiger charge is -2.14. The van der Waals surface area contributed by atoms with Gasteiger partial charge in [0.15, 0.2) is 0 Å². The van der Waals surface area contributed by atoms with Crippen molar-refractivity contribution in [3.8, 4) is 5.75 Å². The second-order valence-corrected chi connectivity index (χ2v) is 5.15. The topological polar surface area (TPSA) is 21.3 Å². The Morgan fingerprint density at radius 3 is 2.65 bits per heavy atom. The molecule has 1 aromatic carbocycles. The lowest BCUT2D eigenvalue weighted by atomic mass is 10.00. The van der Waals surface area contributed by atoms with Crippen LogP contribution < -0.4 is 10.1 Å². The molecule has 0 saturated heterocycles. The molecule has 2 nitrogen and oxygen atoms in total. The molecule has 1 N–H and O–H groups in total. The molecule has 0 radical (unpaired) electrons. The molecule has 0 fully saturated rings. The summed E-state index contributed by atoms with van der Waals surface area (Å²) >= 11 is 5.93. The molecule has 0 aliphatic carbocycles. The standard InChI is InChI=1S/C15H20ClF2NO/c1-4-19-9-12(10(2)3)7-11-8-13(16)5-6-14(11)20-15(17)18/h5-8,10,15,19H,4,9H2,1-3H3. The fourth-order valence-corrected chi connectivity index (χ4v) is 1.91. The van der Waals surface area contributed by atoms with Crippen molar-refractivity contribution in [1.29, 1.82) is 0 Å². The minimum atomic E-state index is -2.85. The summed E-state index contributed by atoms with van der Waals surface area (Å²) in [5, 5.41) is 3.72.